The molecule has 20 heavy (non-hydrogen) atoms. The van der Waals surface area contributed by atoms with Gasteiger partial charge in [-0.15, -0.1) is 0 Å². The Morgan fingerprint density at radius 2 is 1.95 bits per heavy atom. The van der Waals surface area contributed by atoms with Gasteiger partial charge in [-0.3, -0.25) is 9.78 Å². The number of aromatic nitrogens is 1. The summed E-state index contributed by atoms with van der Waals surface area (Å²) in [4.78, 5) is 16.6. The summed E-state index contributed by atoms with van der Waals surface area (Å²) in [5.74, 6) is 1.57. The van der Waals surface area contributed by atoms with Crippen molar-refractivity contribution in [3.63, 3.8) is 0 Å². The zero-order valence-corrected chi connectivity index (χ0v) is 12.6. The number of pyridine rings is 1. The van der Waals surface area contributed by atoms with E-state index in [1.54, 1.807) is 6.92 Å². The quantitative estimate of drug-likeness (QED) is 0.919. The summed E-state index contributed by atoms with van der Waals surface area (Å²) >= 11 is 0. The third kappa shape index (κ3) is 2.90. The van der Waals surface area contributed by atoms with Gasteiger partial charge < -0.3 is 9.73 Å². The van der Waals surface area contributed by atoms with E-state index < -0.39 is 0 Å². The van der Waals surface area contributed by atoms with Gasteiger partial charge in [0.25, 0.3) is 5.91 Å². The van der Waals surface area contributed by atoms with Gasteiger partial charge in [-0.1, -0.05) is 13.8 Å². The Labute approximate surface area is 119 Å². The summed E-state index contributed by atoms with van der Waals surface area (Å²) in [6.07, 6.45) is 0. The molecule has 0 saturated carbocycles. The van der Waals surface area contributed by atoms with Gasteiger partial charge in [0.15, 0.2) is 0 Å². The van der Waals surface area contributed by atoms with Crippen molar-refractivity contribution in [2.24, 2.45) is 0 Å². The number of hydrogen-bond acceptors (Lipinski definition) is 3. The molecule has 0 fully saturated rings. The Hall–Kier alpha value is -2.10. The molecule has 1 N–H and O–H groups in total. The van der Waals surface area contributed by atoms with E-state index in [4.69, 9.17) is 4.42 Å². The van der Waals surface area contributed by atoms with Crippen molar-refractivity contribution in [3.8, 4) is 0 Å². The number of nitrogens with one attached hydrogen (secondary N) is 1. The van der Waals surface area contributed by atoms with E-state index in [0.717, 1.165) is 22.8 Å². The first-order valence-corrected chi connectivity index (χ1v) is 6.74. The summed E-state index contributed by atoms with van der Waals surface area (Å²) in [6.45, 7) is 9.68. The van der Waals surface area contributed by atoms with Gasteiger partial charge in [-0.25, -0.2) is 0 Å². The highest BCUT2D eigenvalue weighted by Gasteiger charge is 2.17. The number of nitrogens with zero attached hydrogens (tertiary/aromatic N) is 1. The molecule has 0 aliphatic rings. The van der Waals surface area contributed by atoms with Crippen LogP contribution in [0.2, 0.25) is 0 Å². The van der Waals surface area contributed by atoms with E-state index in [2.05, 4.69) is 10.3 Å². The first-order valence-electron chi connectivity index (χ1n) is 6.74. The van der Waals surface area contributed by atoms with Crippen LogP contribution in [0.5, 0.6) is 0 Å². The average Bonchev–Trinajstić information content (AvgIpc) is 2.75. The first-order chi connectivity index (χ1) is 9.38. The van der Waals surface area contributed by atoms with Crippen LogP contribution in [0, 0.1) is 20.8 Å². The fourth-order valence-corrected chi connectivity index (χ4v) is 2.02. The molecule has 0 aromatic carbocycles. The smallest absolute Gasteiger partial charge is 0.259 e. The van der Waals surface area contributed by atoms with Crippen molar-refractivity contribution in [2.45, 2.75) is 40.5 Å². The molecule has 0 saturated heterocycles. The van der Waals surface area contributed by atoms with Crippen LogP contribution in [0.25, 0.3) is 0 Å². The number of aryl methyl sites for hydroxylation is 3. The fraction of sp³-hybridized carbons (Fsp3) is 0.375. The van der Waals surface area contributed by atoms with Crippen molar-refractivity contribution in [1.29, 1.82) is 0 Å². The van der Waals surface area contributed by atoms with Crippen molar-refractivity contribution in [1.82, 2.24) is 4.98 Å². The number of carbonyl (C=O) groups is 1. The molecule has 0 aliphatic heterocycles. The highest BCUT2D eigenvalue weighted by molar-refractivity contribution is 6.05. The predicted molar refractivity (Wildman–Crippen MR) is 79.2 cm³/mol. The molecule has 0 spiro atoms. The standard InChI is InChI=1S/C16H20N2O2/c1-9(2)15-8-13(12(5)20-15)16(19)18-14-7-6-10(3)17-11(14)4/h6-9H,1-5H3,(H,18,19). The molecule has 2 rings (SSSR count). The molecule has 4 heteroatoms. The highest BCUT2D eigenvalue weighted by atomic mass is 16.3. The van der Waals surface area contributed by atoms with Crippen LogP contribution < -0.4 is 5.32 Å². The monoisotopic (exact) mass is 272 g/mol. The fourth-order valence-electron chi connectivity index (χ4n) is 2.02. The summed E-state index contributed by atoms with van der Waals surface area (Å²) in [5.41, 5.74) is 3.05. The number of furan rings is 1. The maximum atomic E-state index is 12.3. The van der Waals surface area contributed by atoms with Crippen LogP contribution in [0.15, 0.2) is 22.6 Å². The van der Waals surface area contributed by atoms with Crippen molar-refractivity contribution in [2.75, 3.05) is 5.32 Å². The molecule has 1 amide bonds. The molecule has 2 aromatic rings. The molecule has 2 aromatic heterocycles. The lowest BCUT2D eigenvalue weighted by atomic mass is 10.1. The minimum Gasteiger partial charge on any atom is -0.465 e. The highest BCUT2D eigenvalue weighted by Crippen LogP contribution is 2.23. The van der Waals surface area contributed by atoms with Gasteiger partial charge in [0.1, 0.15) is 11.5 Å². The average molecular weight is 272 g/mol. The summed E-state index contributed by atoms with van der Waals surface area (Å²) in [7, 11) is 0. The Balaban J connectivity index is 2.24. The minimum atomic E-state index is -0.160. The maximum Gasteiger partial charge on any atom is 0.259 e. The molecule has 106 valence electrons. The number of rotatable bonds is 3. The van der Waals surface area contributed by atoms with E-state index in [1.165, 1.54) is 0 Å². The van der Waals surface area contributed by atoms with Gasteiger partial charge in [-0.05, 0) is 39.0 Å². The van der Waals surface area contributed by atoms with Gasteiger partial charge in [0.2, 0.25) is 0 Å². The number of anilines is 1. The van der Waals surface area contributed by atoms with E-state index in [-0.39, 0.29) is 11.8 Å². The molecular weight excluding hydrogens is 252 g/mol. The second-order valence-electron chi connectivity index (χ2n) is 5.31. The molecule has 2 heterocycles. The SMILES string of the molecule is Cc1ccc(NC(=O)c2cc(C(C)C)oc2C)c(C)n1. The Bertz CT molecular complexity index is 642. The van der Waals surface area contributed by atoms with Crippen LogP contribution >= 0.6 is 0 Å². The normalized spacial score (nSPS) is 10.9. The maximum absolute atomic E-state index is 12.3. The largest absolute Gasteiger partial charge is 0.465 e. The molecule has 4 nitrogen and oxygen atoms in total. The zero-order chi connectivity index (χ0) is 14.9. The predicted octanol–water partition coefficient (Wildman–Crippen LogP) is 3.98. The van der Waals surface area contributed by atoms with Crippen molar-refractivity contribution >= 4 is 11.6 Å². The molecular formula is C16H20N2O2. The minimum absolute atomic E-state index is 0.160. The van der Waals surface area contributed by atoms with Crippen LogP contribution in [-0.2, 0) is 0 Å². The van der Waals surface area contributed by atoms with E-state index in [0.29, 0.717) is 11.3 Å². The van der Waals surface area contributed by atoms with E-state index >= 15 is 0 Å². The van der Waals surface area contributed by atoms with Crippen molar-refractivity contribution < 1.29 is 9.21 Å². The van der Waals surface area contributed by atoms with E-state index in [1.807, 2.05) is 45.9 Å². The molecule has 0 atom stereocenters. The Kier molecular flexibility index (Phi) is 3.93. The summed E-state index contributed by atoms with van der Waals surface area (Å²) in [5, 5.41) is 2.89. The Morgan fingerprint density at radius 3 is 2.50 bits per heavy atom. The van der Waals surface area contributed by atoms with Gasteiger partial charge in [-0.2, -0.15) is 0 Å². The second-order valence-corrected chi connectivity index (χ2v) is 5.31. The Morgan fingerprint density at radius 1 is 1.25 bits per heavy atom. The third-order valence-corrected chi connectivity index (χ3v) is 3.22. The topological polar surface area (TPSA) is 55.1 Å². The number of amides is 1. The van der Waals surface area contributed by atoms with E-state index in [9.17, 15) is 4.79 Å². The molecule has 0 aliphatic carbocycles. The molecule has 0 radical (unpaired) electrons. The summed E-state index contributed by atoms with van der Waals surface area (Å²) in [6, 6.07) is 5.56. The molecule has 0 bridgehead atoms. The van der Waals surface area contributed by atoms with Gasteiger partial charge in [0, 0.05) is 11.6 Å². The first kappa shape index (κ1) is 14.3. The van der Waals surface area contributed by atoms with Crippen LogP contribution in [0.1, 0.15) is 53.0 Å². The summed E-state index contributed by atoms with van der Waals surface area (Å²) < 4.78 is 5.61. The van der Waals surface area contributed by atoms with Crippen molar-refractivity contribution in [3.05, 3.63) is 46.7 Å². The lowest BCUT2D eigenvalue weighted by Gasteiger charge is -2.07. The lowest BCUT2D eigenvalue weighted by molar-refractivity contribution is 0.102. The van der Waals surface area contributed by atoms with Crippen LogP contribution in [0.3, 0.4) is 0 Å². The lowest BCUT2D eigenvalue weighted by Crippen LogP contribution is -2.13. The van der Waals surface area contributed by atoms with Crippen LogP contribution in [-0.4, -0.2) is 10.9 Å². The van der Waals surface area contributed by atoms with Gasteiger partial charge >= 0.3 is 0 Å². The number of carbonyl (C=O) groups excluding carboxylic acids is 1. The second kappa shape index (κ2) is 5.49. The number of hydrogen-bond donors (Lipinski definition) is 1. The zero-order valence-electron chi connectivity index (χ0n) is 12.6. The van der Waals surface area contributed by atoms with Crippen LogP contribution in [0.4, 0.5) is 5.69 Å². The van der Waals surface area contributed by atoms with Gasteiger partial charge in [0.05, 0.1) is 16.9 Å². The molecule has 0 unspecified atom stereocenters. The third-order valence-electron chi connectivity index (χ3n) is 3.22.